The number of carbonyl (C=O) groups excluding carboxylic acids is 1. The second-order valence-electron chi connectivity index (χ2n) is 4.77. The number of hydrogen-bond donors (Lipinski definition) is 1. The molecule has 2 N–H and O–H groups in total. The van der Waals surface area contributed by atoms with E-state index in [2.05, 4.69) is 6.07 Å². The minimum atomic E-state index is -0.385. The van der Waals surface area contributed by atoms with Gasteiger partial charge in [0.05, 0.1) is 6.61 Å². The predicted molar refractivity (Wildman–Crippen MR) is 71.7 cm³/mol. The number of nitrogens with two attached hydrogens (primary N) is 1. The molecule has 4 heteroatoms. The number of ether oxygens (including phenoxy) is 1. The Morgan fingerprint density at radius 3 is 2.61 bits per heavy atom. The molecule has 1 saturated heterocycles. The lowest BCUT2D eigenvalue weighted by atomic mass is 10.1. The van der Waals surface area contributed by atoms with Gasteiger partial charge in [-0.3, -0.25) is 4.79 Å². The monoisotopic (exact) mass is 248 g/mol. The summed E-state index contributed by atoms with van der Waals surface area (Å²) in [6.45, 7) is 5.74. The summed E-state index contributed by atoms with van der Waals surface area (Å²) >= 11 is 0. The fraction of sp³-hybridized carbons (Fsp3) is 0.500. The van der Waals surface area contributed by atoms with Crippen molar-refractivity contribution in [2.24, 2.45) is 5.73 Å². The van der Waals surface area contributed by atoms with Crippen molar-refractivity contribution in [3.8, 4) is 0 Å². The van der Waals surface area contributed by atoms with Gasteiger partial charge in [-0.1, -0.05) is 6.07 Å². The molecule has 1 amide bonds. The number of morpholine rings is 1. The summed E-state index contributed by atoms with van der Waals surface area (Å²) in [4.78, 5) is 14.1. The summed E-state index contributed by atoms with van der Waals surface area (Å²) < 4.78 is 5.47. The maximum Gasteiger partial charge on any atom is 0.256 e. The van der Waals surface area contributed by atoms with E-state index >= 15 is 0 Å². The van der Waals surface area contributed by atoms with Crippen molar-refractivity contribution < 1.29 is 9.53 Å². The molecule has 1 unspecified atom stereocenters. The Labute approximate surface area is 108 Å². The first-order valence-electron chi connectivity index (χ1n) is 6.33. The van der Waals surface area contributed by atoms with Gasteiger partial charge in [0.25, 0.3) is 5.91 Å². The zero-order valence-corrected chi connectivity index (χ0v) is 11.0. The fourth-order valence-corrected chi connectivity index (χ4v) is 2.36. The molecule has 1 fully saturated rings. The zero-order valence-electron chi connectivity index (χ0n) is 11.0. The van der Waals surface area contributed by atoms with Gasteiger partial charge < -0.3 is 15.4 Å². The van der Waals surface area contributed by atoms with E-state index < -0.39 is 0 Å². The molecule has 1 aliphatic heterocycles. The number of benzene rings is 1. The van der Waals surface area contributed by atoms with Gasteiger partial charge in [-0.2, -0.15) is 0 Å². The molecule has 0 bridgehead atoms. The van der Waals surface area contributed by atoms with Crippen LogP contribution in [0.5, 0.6) is 0 Å². The highest BCUT2D eigenvalue weighted by Gasteiger charge is 2.29. The summed E-state index contributed by atoms with van der Waals surface area (Å²) in [6.07, 6.45) is 0.199. The van der Waals surface area contributed by atoms with Gasteiger partial charge in [0, 0.05) is 12.2 Å². The minimum absolute atomic E-state index is 0.0247. The van der Waals surface area contributed by atoms with E-state index in [4.69, 9.17) is 10.5 Å². The standard InChI is InChI=1S/C14H20N2O2/c1-10-7-11(2)9-12(8-10)16-5-6-18-13(3-4-15)14(16)17/h7-9,13H,3-6,15H2,1-2H3. The highest BCUT2D eigenvalue weighted by molar-refractivity contribution is 5.97. The van der Waals surface area contributed by atoms with E-state index in [0.29, 0.717) is 26.1 Å². The van der Waals surface area contributed by atoms with Gasteiger partial charge in [-0.25, -0.2) is 0 Å². The molecule has 98 valence electrons. The van der Waals surface area contributed by atoms with Crippen molar-refractivity contribution in [1.29, 1.82) is 0 Å². The Bertz CT molecular complexity index is 423. The number of hydrogen-bond acceptors (Lipinski definition) is 3. The molecular formula is C14H20N2O2. The highest BCUT2D eigenvalue weighted by Crippen LogP contribution is 2.22. The molecule has 0 aromatic heterocycles. The molecular weight excluding hydrogens is 228 g/mol. The molecule has 0 saturated carbocycles. The predicted octanol–water partition coefficient (Wildman–Crippen LogP) is 1.38. The van der Waals surface area contributed by atoms with E-state index in [1.165, 1.54) is 11.1 Å². The maximum absolute atomic E-state index is 12.3. The molecule has 0 radical (unpaired) electrons. The summed E-state index contributed by atoms with van der Waals surface area (Å²) in [5.41, 5.74) is 8.80. The van der Waals surface area contributed by atoms with Crippen molar-refractivity contribution in [3.63, 3.8) is 0 Å². The van der Waals surface area contributed by atoms with Crippen LogP contribution in [0.1, 0.15) is 17.5 Å². The minimum Gasteiger partial charge on any atom is -0.366 e. The van der Waals surface area contributed by atoms with Crippen LogP contribution >= 0.6 is 0 Å². The Balaban J connectivity index is 2.23. The topological polar surface area (TPSA) is 55.6 Å². The second kappa shape index (κ2) is 5.50. The zero-order chi connectivity index (χ0) is 13.1. The van der Waals surface area contributed by atoms with Crippen molar-refractivity contribution >= 4 is 11.6 Å². The molecule has 1 heterocycles. The van der Waals surface area contributed by atoms with Gasteiger partial charge in [0.1, 0.15) is 6.10 Å². The van der Waals surface area contributed by atoms with Gasteiger partial charge in [-0.15, -0.1) is 0 Å². The largest absolute Gasteiger partial charge is 0.366 e. The molecule has 2 rings (SSSR count). The van der Waals surface area contributed by atoms with Crippen LogP contribution in [0.2, 0.25) is 0 Å². The van der Waals surface area contributed by atoms with Gasteiger partial charge in [0.15, 0.2) is 0 Å². The van der Waals surface area contributed by atoms with Gasteiger partial charge >= 0.3 is 0 Å². The number of anilines is 1. The van der Waals surface area contributed by atoms with Crippen LogP contribution in [-0.4, -0.2) is 31.7 Å². The molecule has 1 aliphatic rings. The van der Waals surface area contributed by atoms with Crippen molar-refractivity contribution in [2.45, 2.75) is 26.4 Å². The maximum atomic E-state index is 12.3. The first-order valence-corrected chi connectivity index (χ1v) is 6.33. The number of carbonyl (C=O) groups is 1. The molecule has 0 spiro atoms. The first kappa shape index (κ1) is 13.1. The van der Waals surface area contributed by atoms with Crippen LogP contribution in [-0.2, 0) is 9.53 Å². The van der Waals surface area contributed by atoms with Crippen LogP contribution in [0.4, 0.5) is 5.69 Å². The van der Waals surface area contributed by atoms with Crippen LogP contribution in [0.25, 0.3) is 0 Å². The lowest BCUT2D eigenvalue weighted by Crippen LogP contribution is -2.48. The SMILES string of the molecule is Cc1cc(C)cc(N2CCOC(CCN)C2=O)c1. The summed E-state index contributed by atoms with van der Waals surface area (Å²) in [5.74, 6) is 0.0247. The van der Waals surface area contributed by atoms with E-state index in [0.717, 1.165) is 5.69 Å². The molecule has 18 heavy (non-hydrogen) atoms. The van der Waals surface area contributed by atoms with Crippen molar-refractivity contribution in [3.05, 3.63) is 29.3 Å². The van der Waals surface area contributed by atoms with E-state index in [1.54, 1.807) is 0 Å². The van der Waals surface area contributed by atoms with Crippen LogP contribution in [0.15, 0.2) is 18.2 Å². The average molecular weight is 248 g/mol. The van der Waals surface area contributed by atoms with E-state index in [9.17, 15) is 4.79 Å². The molecule has 1 atom stereocenters. The third-order valence-corrected chi connectivity index (χ3v) is 3.12. The van der Waals surface area contributed by atoms with E-state index in [1.807, 2.05) is 30.9 Å². The van der Waals surface area contributed by atoms with Crippen LogP contribution < -0.4 is 10.6 Å². The van der Waals surface area contributed by atoms with Crippen molar-refractivity contribution in [2.75, 3.05) is 24.6 Å². The first-order chi connectivity index (χ1) is 8.61. The van der Waals surface area contributed by atoms with Gasteiger partial charge in [0.2, 0.25) is 0 Å². The van der Waals surface area contributed by atoms with Gasteiger partial charge in [-0.05, 0) is 50.1 Å². The molecule has 4 nitrogen and oxygen atoms in total. The summed E-state index contributed by atoms with van der Waals surface area (Å²) in [5, 5.41) is 0. The Kier molecular flexibility index (Phi) is 3.99. The Hall–Kier alpha value is -1.39. The number of nitrogens with zero attached hydrogens (tertiary/aromatic N) is 1. The lowest BCUT2D eigenvalue weighted by molar-refractivity contribution is -0.134. The summed E-state index contributed by atoms with van der Waals surface area (Å²) in [7, 11) is 0. The quantitative estimate of drug-likeness (QED) is 0.879. The molecule has 1 aromatic rings. The van der Waals surface area contributed by atoms with Crippen LogP contribution in [0.3, 0.4) is 0 Å². The molecule has 1 aromatic carbocycles. The third-order valence-electron chi connectivity index (χ3n) is 3.12. The third kappa shape index (κ3) is 2.71. The van der Waals surface area contributed by atoms with Crippen molar-refractivity contribution in [1.82, 2.24) is 0 Å². The fourth-order valence-electron chi connectivity index (χ4n) is 2.36. The summed E-state index contributed by atoms with van der Waals surface area (Å²) in [6, 6.07) is 6.18. The average Bonchev–Trinajstić information content (AvgIpc) is 2.31. The number of aryl methyl sites for hydroxylation is 2. The normalized spacial score (nSPS) is 20.3. The highest BCUT2D eigenvalue weighted by atomic mass is 16.5. The lowest BCUT2D eigenvalue weighted by Gasteiger charge is -2.32. The Morgan fingerprint density at radius 1 is 1.33 bits per heavy atom. The molecule has 0 aliphatic carbocycles. The van der Waals surface area contributed by atoms with E-state index in [-0.39, 0.29) is 12.0 Å². The number of amides is 1. The Morgan fingerprint density at radius 2 is 2.00 bits per heavy atom. The number of rotatable bonds is 3. The van der Waals surface area contributed by atoms with Crippen LogP contribution in [0, 0.1) is 13.8 Å². The smallest absolute Gasteiger partial charge is 0.256 e. The second-order valence-corrected chi connectivity index (χ2v) is 4.77.